The average Bonchev–Trinajstić information content (AvgIpc) is 2.59. The number of nitrogens with one attached hydrogen (secondary N) is 1. The molecule has 0 bridgehead atoms. The lowest BCUT2D eigenvalue weighted by Crippen LogP contribution is -2.33. The first-order valence-corrected chi connectivity index (χ1v) is 5.21. The van der Waals surface area contributed by atoms with Crippen LogP contribution in [0.15, 0.2) is 0 Å². The van der Waals surface area contributed by atoms with Gasteiger partial charge in [0, 0.05) is 27.3 Å². The van der Waals surface area contributed by atoms with Crippen molar-refractivity contribution in [2.24, 2.45) is 5.92 Å². The van der Waals surface area contributed by atoms with Gasteiger partial charge < -0.3 is 19.7 Å². The van der Waals surface area contributed by atoms with Crippen LogP contribution >= 0.6 is 0 Å². The van der Waals surface area contributed by atoms with Crippen LogP contribution in [0.25, 0.3) is 0 Å². The lowest BCUT2D eigenvalue weighted by Gasteiger charge is -2.16. The molecule has 1 rings (SSSR count). The van der Waals surface area contributed by atoms with E-state index >= 15 is 0 Å². The minimum Gasteiger partial charge on any atom is -0.355 e. The lowest BCUT2D eigenvalue weighted by molar-refractivity contribution is -0.0989. The van der Waals surface area contributed by atoms with Gasteiger partial charge in [-0.1, -0.05) is 0 Å². The van der Waals surface area contributed by atoms with Crippen molar-refractivity contribution >= 4 is 0 Å². The van der Waals surface area contributed by atoms with E-state index in [-0.39, 0.29) is 6.29 Å². The number of hydrogen-bond acceptors (Lipinski definition) is 4. The zero-order chi connectivity index (χ0) is 10.4. The van der Waals surface area contributed by atoms with Crippen LogP contribution in [0.4, 0.5) is 0 Å². The molecule has 1 aliphatic heterocycles. The molecule has 1 aliphatic rings. The quantitative estimate of drug-likeness (QED) is 0.622. The van der Waals surface area contributed by atoms with Gasteiger partial charge in [0.25, 0.3) is 0 Å². The highest BCUT2D eigenvalue weighted by Gasteiger charge is 2.18. The number of likely N-dealkylation sites (tertiary alicyclic amines) is 1. The number of rotatable bonds is 6. The van der Waals surface area contributed by atoms with Crippen molar-refractivity contribution in [1.82, 2.24) is 10.2 Å². The Hall–Kier alpha value is -0.160. The molecule has 14 heavy (non-hydrogen) atoms. The van der Waals surface area contributed by atoms with Crippen LogP contribution in [0.2, 0.25) is 0 Å². The van der Waals surface area contributed by atoms with Crippen LogP contribution in [0.1, 0.15) is 6.42 Å². The van der Waals surface area contributed by atoms with Crippen LogP contribution in [0, 0.1) is 5.92 Å². The van der Waals surface area contributed by atoms with Gasteiger partial charge in [-0.05, 0) is 32.5 Å². The third kappa shape index (κ3) is 3.92. The first-order valence-electron chi connectivity index (χ1n) is 5.21. The Balaban J connectivity index is 2.03. The summed E-state index contributed by atoms with van der Waals surface area (Å²) < 4.78 is 10.2. The average molecular weight is 202 g/mol. The molecule has 4 nitrogen and oxygen atoms in total. The van der Waals surface area contributed by atoms with E-state index in [1.54, 1.807) is 14.2 Å². The topological polar surface area (TPSA) is 33.7 Å². The fourth-order valence-corrected chi connectivity index (χ4v) is 1.86. The van der Waals surface area contributed by atoms with E-state index in [0.717, 1.165) is 19.0 Å². The maximum atomic E-state index is 5.09. The summed E-state index contributed by atoms with van der Waals surface area (Å²) in [6, 6.07) is 0. The number of nitrogens with zero attached hydrogens (tertiary/aromatic N) is 1. The lowest BCUT2D eigenvalue weighted by atomic mass is 10.1. The number of hydrogen-bond donors (Lipinski definition) is 1. The SMILES string of the molecule is COC(CNCC1CCN(C)C1)OC. The highest BCUT2D eigenvalue weighted by Crippen LogP contribution is 2.12. The minimum absolute atomic E-state index is 0.117. The molecule has 1 atom stereocenters. The highest BCUT2D eigenvalue weighted by molar-refractivity contribution is 4.74. The van der Waals surface area contributed by atoms with Gasteiger partial charge in [0.05, 0.1) is 0 Å². The second kappa shape index (κ2) is 6.35. The maximum Gasteiger partial charge on any atom is 0.169 e. The summed E-state index contributed by atoms with van der Waals surface area (Å²) in [7, 11) is 5.51. The molecule has 0 aliphatic carbocycles. The van der Waals surface area contributed by atoms with Crippen molar-refractivity contribution in [3.8, 4) is 0 Å². The minimum atomic E-state index is -0.117. The summed E-state index contributed by atoms with van der Waals surface area (Å²) in [5, 5.41) is 3.37. The molecule has 0 aromatic heterocycles. The molecule has 1 heterocycles. The molecule has 4 heteroatoms. The normalized spacial score (nSPS) is 23.6. The first kappa shape index (κ1) is 11.9. The molecule has 84 valence electrons. The second-order valence-electron chi connectivity index (χ2n) is 3.98. The standard InChI is InChI=1S/C10H22N2O2/c1-12-5-4-9(8-12)6-11-7-10(13-2)14-3/h9-11H,4-8H2,1-3H3. The first-order chi connectivity index (χ1) is 6.76. The molecular weight excluding hydrogens is 180 g/mol. The molecule has 0 spiro atoms. The van der Waals surface area contributed by atoms with E-state index in [9.17, 15) is 0 Å². The smallest absolute Gasteiger partial charge is 0.169 e. The number of ether oxygens (including phenoxy) is 2. The van der Waals surface area contributed by atoms with E-state index in [2.05, 4.69) is 17.3 Å². The molecule has 1 unspecified atom stereocenters. The summed E-state index contributed by atoms with van der Waals surface area (Å²) >= 11 is 0. The van der Waals surface area contributed by atoms with Crippen molar-refractivity contribution < 1.29 is 9.47 Å². The molecule has 0 aromatic carbocycles. The fourth-order valence-electron chi connectivity index (χ4n) is 1.86. The molecule has 0 amide bonds. The summed E-state index contributed by atoms with van der Waals surface area (Å²) in [5.74, 6) is 0.786. The van der Waals surface area contributed by atoms with Crippen molar-refractivity contribution in [1.29, 1.82) is 0 Å². The monoisotopic (exact) mass is 202 g/mol. The molecule has 0 saturated carbocycles. The van der Waals surface area contributed by atoms with Gasteiger partial charge in [0.15, 0.2) is 6.29 Å². The summed E-state index contributed by atoms with van der Waals surface area (Å²) in [5.41, 5.74) is 0. The van der Waals surface area contributed by atoms with Crippen LogP contribution in [-0.2, 0) is 9.47 Å². The Bertz CT molecular complexity index is 151. The molecule has 0 aromatic rings. The Morgan fingerprint density at radius 2 is 2.14 bits per heavy atom. The molecule has 1 N–H and O–H groups in total. The second-order valence-corrected chi connectivity index (χ2v) is 3.98. The maximum absolute atomic E-state index is 5.09. The summed E-state index contributed by atoms with van der Waals surface area (Å²) in [4.78, 5) is 2.37. The van der Waals surface area contributed by atoms with Gasteiger partial charge in [0.2, 0.25) is 0 Å². The van der Waals surface area contributed by atoms with Crippen molar-refractivity contribution in [3.05, 3.63) is 0 Å². The van der Waals surface area contributed by atoms with Gasteiger partial charge in [-0.25, -0.2) is 0 Å². The Kier molecular flexibility index (Phi) is 5.40. The third-order valence-corrected chi connectivity index (χ3v) is 2.76. The van der Waals surface area contributed by atoms with E-state index in [4.69, 9.17) is 9.47 Å². The van der Waals surface area contributed by atoms with Gasteiger partial charge in [-0.2, -0.15) is 0 Å². The Labute approximate surface area is 86.6 Å². The van der Waals surface area contributed by atoms with Gasteiger partial charge in [0.1, 0.15) is 0 Å². The van der Waals surface area contributed by atoms with Crippen LogP contribution in [0.3, 0.4) is 0 Å². The van der Waals surface area contributed by atoms with E-state index in [0.29, 0.717) is 0 Å². The zero-order valence-corrected chi connectivity index (χ0v) is 9.45. The zero-order valence-electron chi connectivity index (χ0n) is 9.45. The molecular formula is C10H22N2O2. The van der Waals surface area contributed by atoms with Crippen LogP contribution < -0.4 is 5.32 Å². The fraction of sp³-hybridized carbons (Fsp3) is 1.00. The molecule has 1 saturated heterocycles. The van der Waals surface area contributed by atoms with Crippen molar-refractivity contribution in [2.45, 2.75) is 12.7 Å². The van der Waals surface area contributed by atoms with E-state index < -0.39 is 0 Å². The molecule has 1 fully saturated rings. The van der Waals surface area contributed by atoms with Gasteiger partial charge in [-0.15, -0.1) is 0 Å². The number of methoxy groups -OCH3 is 2. The van der Waals surface area contributed by atoms with Crippen LogP contribution in [0.5, 0.6) is 0 Å². The highest BCUT2D eigenvalue weighted by atomic mass is 16.7. The van der Waals surface area contributed by atoms with E-state index in [1.165, 1.54) is 19.5 Å². The largest absolute Gasteiger partial charge is 0.355 e. The van der Waals surface area contributed by atoms with E-state index in [1.807, 2.05) is 0 Å². The third-order valence-electron chi connectivity index (χ3n) is 2.76. The van der Waals surface area contributed by atoms with Crippen LogP contribution in [-0.4, -0.2) is 58.6 Å². The Morgan fingerprint density at radius 3 is 2.64 bits per heavy atom. The summed E-state index contributed by atoms with van der Waals surface area (Å²) in [6.07, 6.45) is 1.18. The van der Waals surface area contributed by atoms with Crippen molar-refractivity contribution in [3.63, 3.8) is 0 Å². The predicted molar refractivity (Wildman–Crippen MR) is 56.3 cm³/mol. The predicted octanol–water partition coefficient (Wildman–Crippen LogP) is 0.147. The Morgan fingerprint density at radius 1 is 1.43 bits per heavy atom. The van der Waals surface area contributed by atoms with Gasteiger partial charge >= 0.3 is 0 Å². The summed E-state index contributed by atoms with van der Waals surface area (Å²) in [6.45, 7) is 4.27. The molecule has 0 radical (unpaired) electrons. The van der Waals surface area contributed by atoms with Crippen molar-refractivity contribution in [2.75, 3.05) is 47.4 Å². The van der Waals surface area contributed by atoms with Gasteiger partial charge in [-0.3, -0.25) is 0 Å².